The maximum absolute atomic E-state index is 13.0. The summed E-state index contributed by atoms with van der Waals surface area (Å²) < 4.78 is 38.9. The molecule has 0 amide bonds. The predicted octanol–water partition coefficient (Wildman–Crippen LogP) is 4.32. The van der Waals surface area contributed by atoms with E-state index in [0.29, 0.717) is 10.5 Å². The van der Waals surface area contributed by atoms with Gasteiger partial charge in [-0.3, -0.25) is 0 Å². The van der Waals surface area contributed by atoms with Gasteiger partial charge in [-0.1, -0.05) is 26.8 Å². The SMILES string of the molecule is CCSc1ccc(CNC(C)C)c(C(F)(F)F)c1. The van der Waals surface area contributed by atoms with Gasteiger partial charge in [0.15, 0.2) is 0 Å². The van der Waals surface area contributed by atoms with Crippen LogP contribution in [0.15, 0.2) is 23.1 Å². The molecular weight excluding hydrogens is 259 g/mol. The van der Waals surface area contributed by atoms with Crippen molar-refractivity contribution < 1.29 is 13.2 Å². The predicted molar refractivity (Wildman–Crippen MR) is 69.8 cm³/mol. The van der Waals surface area contributed by atoms with Gasteiger partial charge in [0.2, 0.25) is 0 Å². The van der Waals surface area contributed by atoms with E-state index < -0.39 is 11.7 Å². The Hall–Kier alpha value is -0.680. The summed E-state index contributed by atoms with van der Waals surface area (Å²) in [7, 11) is 0. The Labute approximate surface area is 110 Å². The van der Waals surface area contributed by atoms with Crippen LogP contribution in [0.2, 0.25) is 0 Å². The van der Waals surface area contributed by atoms with Crippen molar-refractivity contribution >= 4 is 11.8 Å². The summed E-state index contributed by atoms with van der Waals surface area (Å²) in [6.07, 6.45) is -4.29. The molecule has 0 aromatic heterocycles. The second-order valence-electron chi connectivity index (χ2n) is 4.29. The van der Waals surface area contributed by atoms with E-state index in [1.165, 1.54) is 17.8 Å². The molecule has 0 aliphatic heterocycles. The lowest BCUT2D eigenvalue weighted by Gasteiger charge is -2.16. The molecule has 102 valence electrons. The van der Waals surface area contributed by atoms with Gasteiger partial charge in [-0.25, -0.2) is 0 Å². The zero-order valence-electron chi connectivity index (χ0n) is 10.8. The molecule has 0 atom stereocenters. The molecule has 0 spiro atoms. The van der Waals surface area contributed by atoms with Gasteiger partial charge >= 0.3 is 6.18 Å². The summed E-state index contributed by atoms with van der Waals surface area (Å²) in [5, 5.41) is 3.02. The Morgan fingerprint density at radius 3 is 2.44 bits per heavy atom. The molecule has 1 rings (SSSR count). The highest BCUT2D eigenvalue weighted by Gasteiger charge is 2.33. The average molecular weight is 277 g/mol. The molecule has 0 heterocycles. The fourth-order valence-corrected chi connectivity index (χ4v) is 2.24. The van der Waals surface area contributed by atoms with Gasteiger partial charge in [-0.2, -0.15) is 13.2 Å². The van der Waals surface area contributed by atoms with E-state index in [2.05, 4.69) is 5.32 Å². The van der Waals surface area contributed by atoms with Crippen molar-refractivity contribution in [3.05, 3.63) is 29.3 Å². The lowest BCUT2D eigenvalue weighted by atomic mass is 10.1. The maximum atomic E-state index is 13.0. The van der Waals surface area contributed by atoms with Crippen LogP contribution in [0, 0.1) is 0 Å². The molecule has 0 saturated carbocycles. The maximum Gasteiger partial charge on any atom is 0.416 e. The summed E-state index contributed by atoms with van der Waals surface area (Å²) in [6, 6.07) is 4.72. The zero-order chi connectivity index (χ0) is 13.8. The highest BCUT2D eigenvalue weighted by atomic mass is 32.2. The molecule has 0 unspecified atom stereocenters. The second kappa shape index (κ2) is 6.48. The van der Waals surface area contributed by atoms with Gasteiger partial charge in [-0.15, -0.1) is 11.8 Å². The second-order valence-corrected chi connectivity index (χ2v) is 5.62. The highest BCUT2D eigenvalue weighted by Crippen LogP contribution is 2.34. The number of hydrogen-bond donors (Lipinski definition) is 1. The van der Waals surface area contributed by atoms with Gasteiger partial charge in [0.1, 0.15) is 0 Å². The summed E-state index contributed by atoms with van der Waals surface area (Å²) in [6.45, 7) is 5.98. The Kier molecular flexibility index (Phi) is 5.53. The van der Waals surface area contributed by atoms with Crippen molar-refractivity contribution in [2.45, 2.75) is 44.4 Å². The van der Waals surface area contributed by atoms with Gasteiger partial charge < -0.3 is 5.32 Å². The summed E-state index contributed by atoms with van der Waals surface area (Å²) in [5.74, 6) is 0.765. The van der Waals surface area contributed by atoms with Crippen LogP contribution in [0.25, 0.3) is 0 Å². The van der Waals surface area contributed by atoms with E-state index in [1.54, 1.807) is 12.1 Å². The van der Waals surface area contributed by atoms with E-state index in [0.717, 1.165) is 5.75 Å². The van der Waals surface area contributed by atoms with Crippen molar-refractivity contribution in [2.75, 3.05) is 5.75 Å². The monoisotopic (exact) mass is 277 g/mol. The molecule has 1 N–H and O–H groups in total. The van der Waals surface area contributed by atoms with Crippen molar-refractivity contribution in [1.29, 1.82) is 0 Å². The summed E-state index contributed by atoms with van der Waals surface area (Å²) in [5.41, 5.74) is -0.231. The van der Waals surface area contributed by atoms with Gasteiger partial charge in [0.05, 0.1) is 5.56 Å². The largest absolute Gasteiger partial charge is 0.416 e. The molecule has 18 heavy (non-hydrogen) atoms. The molecule has 0 bridgehead atoms. The number of rotatable bonds is 5. The molecule has 0 saturated heterocycles. The van der Waals surface area contributed by atoms with Gasteiger partial charge in [-0.05, 0) is 23.4 Å². The van der Waals surface area contributed by atoms with Crippen LogP contribution in [-0.4, -0.2) is 11.8 Å². The minimum absolute atomic E-state index is 0.163. The molecule has 0 aliphatic rings. The van der Waals surface area contributed by atoms with E-state index in [4.69, 9.17) is 0 Å². The smallest absolute Gasteiger partial charge is 0.310 e. The lowest BCUT2D eigenvalue weighted by Crippen LogP contribution is -2.23. The number of thioether (sulfide) groups is 1. The first-order chi connectivity index (χ1) is 8.34. The van der Waals surface area contributed by atoms with Crippen LogP contribution in [0.1, 0.15) is 31.9 Å². The Morgan fingerprint density at radius 1 is 1.28 bits per heavy atom. The van der Waals surface area contributed by atoms with E-state index in [1.807, 2.05) is 20.8 Å². The van der Waals surface area contributed by atoms with Crippen molar-refractivity contribution in [3.63, 3.8) is 0 Å². The third kappa shape index (κ3) is 4.53. The number of nitrogens with one attached hydrogen (secondary N) is 1. The topological polar surface area (TPSA) is 12.0 Å². The molecule has 0 radical (unpaired) electrons. The van der Waals surface area contributed by atoms with Gasteiger partial charge in [0, 0.05) is 17.5 Å². The number of hydrogen-bond acceptors (Lipinski definition) is 2. The van der Waals surface area contributed by atoms with Crippen LogP contribution in [0.5, 0.6) is 0 Å². The van der Waals surface area contributed by atoms with Crippen molar-refractivity contribution in [2.24, 2.45) is 0 Å². The van der Waals surface area contributed by atoms with E-state index in [9.17, 15) is 13.2 Å². The molecule has 0 fully saturated rings. The third-order valence-corrected chi connectivity index (χ3v) is 3.27. The fourth-order valence-electron chi connectivity index (χ4n) is 1.54. The summed E-state index contributed by atoms with van der Waals surface area (Å²) in [4.78, 5) is 0.665. The minimum atomic E-state index is -4.29. The number of alkyl halides is 3. The third-order valence-electron chi connectivity index (χ3n) is 2.40. The van der Waals surface area contributed by atoms with Crippen LogP contribution < -0.4 is 5.32 Å². The van der Waals surface area contributed by atoms with Crippen LogP contribution in [0.4, 0.5) is 13.2 Å². The molecular formula is C13H18F3NS. The summed E-state index contributed by atoms with van der Waals surface area (Å²) >= 11 is 1.42. The molecule has 1 aromatic carbocycles. The fraction of sp³-hybridized carbons (Fsp3) is 0.538. The highest BCUT2D eigenvalue weighted by molar-refractivity contribution is 7.99. The van der Waals surface area contributed by atoms with Crippen LogP contribution >= 0.6 is 11.8 Å². The van der Waals surface area contributed by atoms with E-state index in [-0.39, 0.29) is 12.6 Å². The quantitative estimate of drug-likeness (QED) is 0.805. The average Bonchev–Trinajstić information content (AvgIpc) is 2.26. The first kappa shape index (κ1) is 15.4. The van der Waals surface area contributed by atoms with Crippen LogP contribution in [0.3, 0.4) is 0 Å². The minimum Gasteiger partial charge on any atom is -0.310 e. The van der Waals surface area contributed by atoms with Crippen molar-refractivity contribution in [3.8, 4) is 0 Å². The lowest BCUT2D eigenvalue weighted by molar-refractivity contribution is -0.138. The molecule has 5 heteroatoms. The first-order valence-corrected chi connectivity index (χ1v) is 6.89. The van der Waals surface area contributed by atoms with Gasteiger partial charge in [0.25, 0.3) is 0 Å². The molecule has 0 aliphatic carbocycles. The molecule has 1 aromatic rings. The number of halogens is 3. The first-order valence-electron chi connectivity index (χ1n) is 5.91. The standard InChI is InChI=1S/C13H18F3NS/c1-4-18-11-6-5-10(8-17-9(2)3)12(7-11)13(14,15)16/h5-7,9,17H,4,8H2,1-3H3. The zero-order valence-corrected chi connectivity index (χ0v) is 11.6. The Bertz CT molecular complexity index is 388. The Morgan fingerprint density at radius 2 is 1.94 bits per heavy atom. The normalized spacial score (nSPS) is 12.2. The van der Waals surface area contributed by atoms with Crippen LogP contribution in [-0.2, 0) is 12.7 Å². The molecule has 1 nitrogen and oxygen atoms in total. The number of benzene rings is 1. The van der Waals surface area contributed by atoms with E-state index >= 15 is 0 Å². The van der Waals surface area contributed by atoms with Crippen molar-refractivity contribution in [1.82, 2.24) is 5.32 Å². The Balaban J connectivity index is 3.01.